The fourth-order valence-electron chi connectivity index (χ4n) is 2.59. The molecule has 2 aromatic carbocycles. The van der Waals surface area contributed by atoms with Crippen molar-refractivity contribution in [1.29, 1.82) is 0 Å². The van der Waals surface area contributed by atoms with Crippen molar-refractivity contribution in [2.24, 2.45) is 5.92 Å². The van der Waals surface area contributed by atoms with Crippen molar-refractivity contribution >= 4 is 6.29 Å². The average molecular weight is 239 g/mol. The molecule has 0 N–H and O–H groups in total. The van der Waals surface area contributed by atoms with E-state index in [9.17, 15) is 4.79 Å². The Morgan fingerprint density at radius 1 is 1.17 bits per heavy atom. The Morgan fingerprint density at radius 2 is 1.94 bits per heavy atom. The SMILES string of the molecule is CCC[C@H](C=O)[C@H](c1ccccc1)c1ccc[cH-]1. The number of benzene rings is 1. The third kappa shape index (κ3) is 2.73. The zero-order valence-corrected chi connectivity index (χ0v) is 10.8. The summed E-state index contributed by atoms with van der Waals surface area (Å²) in [4.78, 5) is 11.4. The molecule has 1 nitrogen and oxygen atoms in total. The molecule has 0 heterocycles. The maximum absolute atomic E-state index is 11.4. The minimum atomic E-state index is 0.0693. The van der Waals surface area contributed by atoms with Crippen LogP contribution in [-0.4, -0.2) is 6.29 Å². The van der Waals surface area contributed by atoms with Crippen LogP contribution < -0.4 is 0 Å². The summed E-state index contributed by atoms with van der Waals surface area (Å²) in [5.74, 6) is 0.262. The fraction of sp³-hybridized carbons (Fsp3) is 0.294. The lowest BCUT2D eigenvalue weighted by Gasteiger charge is -2.25. The van der Waals surface area contributed by atoms with Crippen LogP contribution in [0.15, 0.2) is 54.6 Å². The van der Waals surface area contributed by atoms with Gasteiger partial charge < -0.3 is 4.79 Å². The molecule has 2 aromatic rings. The smallest absolute Gasteiger partial charge is 0.123 e. The van der Waals surface area contributed by atoms with E-state index in [-0.39, 0.29) is 11.8 Å². The topological polar surface area (TPSA) is 17.1 Å². The third-order valence-corrected chi connectivity index (χ3v) is 3.43. The summed E-state index contributed by atoms with van der Waals surface area (Å²) < 4.78 is 0. The highest BCUT2D eigenvalue weighted by Gasteiger charge is 2.21. The molecule has 1 heteroatoms. The van der Waals surface area contributed by atoms with Gasteiger partial charge in [-0.25, -0.2) is 12.1 Å². The van der Waals surface area contributed by atoms with E-state index in [1.54, 1.807) is 0 Å². The lowest BCUT2D eigenvalue weighted by atomic mass is 9.80. The quantitative estimate of drug-likeness (QED) is 0.546. The maximum Gasteiger partial charge on any atom is 0.123 e. The Bertz CT molecular complexity index is 456. The van der Waals surface area contributed by atoms with Gasteiger partial charge in [0.25, 0.3) is 0 Å². The first-order chi connectivity index (χ1) is 8.86. The molecule has 0 unspecified atom stereocenters. The molecule has 0 aliphatic heterocycles. The first-order valence-electron chi connectivity index (χ1n) is 6.58. The van der Waals surface area contributed by atoms with Crippen molar-refractivity contribution < 1.29 is 4.79 Å². The number of carbonyl (C=O) groups is 1. The molecule has 0 fully saturated rings. The molecule has 2 rings (SSSR count). The van der Waals surface area contributed by atoms with Gasteiger partial charge in [0, 0.05) is 5.92 Å². The van der Waals surface area contributed by atoms with Crippen LogP contribution in [0.3, 0.4) is 0 Å². The molecule has 94 valence electrons. The van der Waals surface area contributed by atoms with Gasteiger partial charge in [0.05, 0.1) is 0 Å². The molecule has 0 bridgehead atoms. The molecule has 0 spiro atoms. The predicted molar refractivity (Wildman–Crippen MR) is 74.8 cm³/mol. The Labute approximate surface area is 109 Å². The minimum Gasteiger partial charge on any atom is -0.303 e. The Kier molecular flexibility index (Phi) is 4.40. The molecule has 2 atom stereocenters. The zero-order chi connectivity index (χ0) is 12.8. The predicted octanol–water partition coefficient (Wildman–Crippen LogP) is 4.15. The monoisotopic (exact) mass is 239 g/mol. The second-order valence-corrected chi connectivity index (χ2v) is 4.70. The van der Waals surface area contributed by atoms with Crippen LogP contribution in [0.5, 0.6) is 0 Å². The van der Waals surface area contributed by atoms with Crippen molar-refractivity contribution in [3.63, 3.8) is 0 Å². The summed E-state index contributed by atoms with van der Waals surface area (Å²) in [6.07, 6.45) is 3.09. The number of aldehydes is 1. The van der Waals surface area contributed by atoms with Crippen molar-refractivity contribution in [3.05, 3.63) is 65.7 Å². The maximum atomic E-state index is 11.4. The van der Waals surface area contributed by atoms with E-state index in [4.69, 9.17) is 0 Å². The summed E-state index contributed by atoms with van der Waals surface area (Å²) in [6, 6.07) is 18.6. The van der Waals surface area contributed by atoms with E-state index in [1.807, 2.05) is 30.3 Å². The molecule has 0 saturated heterocycles. The van der Waals surface area contributed by atoms with Gasteiger partial charge in [-0.2, -0.15) is 17.7 Å². The molecular weight excluding hydrogens is 220 g/mol. The van der Waals surface area contributed by atoms with E-state index in [0.717, 1.165) is 19.1 Å². The lowest BCUT2D eigenvalue weighted by molar-refractivity contribution is -0.111. The molecular formula is C17H19O-. The summed E-state index contributed by atoms with van der Waals surface area (Å²) in [7, 11) is 0. The van der Waals surface area contributed by atoms with Crippen molar-refractivity contribution in [3.8, 4) is 0 Å². The van der Waals surface area contributed by atoms with Crippen molar-refractivity contribution in [2.75, 3.05) is 0 Å². The van der Waals surface area contributed by atoms with Crippen molar-refractivity contribution in [1.82, 2.24) is 0 Å². The average Bonchev–Trinajstić information content (AvgIpc) is 2.93. The lowest BCUT2D eigenvalue weighted by Crippen LogP contribution is -2.15. The molecule has 0 aliphatic rings. The van der Waals surface area contributed by atoms with Crippen LogP contribution in [0.25, 0.3) is 0 Å². The van der Waals surface area contributed by atoms with Gasteiger partial charge in [0.2, 0.25) is 0 Å². The van der Waals surface area contributed by atoms with Crippen LogP contribution in [0.4, 0.5) is 0 Å². The van der Waals surface area contributed by atoms with Crippen molar-refractivity contribution in [2.45, 2.75) is 25.7 Å². The van der Waals surface area contributed by atoms with E-state index >= 15 is 0 Å². The molecule has 0 saturated carbocycles. The normalized spacial score (nSPS) is 14.1. The van der Waals surface area contributed by atoms with Crippen LogP contribution >= 0.6 is 0 Å². The van der Waals surface area contributed by atoms with E-state index in [0.29, 0.717) is 0 Å². The molecule has 0 amide bonds. The molecule has 0 radical (unpaired) electrons. The Balaban J connectivity index is 2.37. The molecule has 0 aliphatic carbocycles. The van der Waals surface area contributed by atoms with E-state index < -0.39 is 0 Å². The fourth-order valence-corrected chi connectivity index (χ4v) is 2.59. The van der Waals surface area contributed by atoms with E-state index in [2.05, 4.69) is 31.2 Å². The first kappa shape index (κ1) is 12.7. The first-order valence-corrected chi connectivity index (χ1v) is 6.58. The van der Waals surface area contributed by atoms with Gasteiger partial charge in [0.1, 0.15) is 6.29 Å². The van der Waals surface area contributed by atoms with Crippen LogP contribution in [0, 0.1) is 5.92 Å². The summed E-state index contributed by atoms with van der Waals surface area (Å²) in [6.45, 7) is 2.13. The Hall–Kier alpha value is -1.76. The Morgan fingerprint density at radius 3 is 2.50 bits per heavy atom. The number of hydrogen-bond donors (Lipinski definition) is 0. The third-order valence-electron chi connectivity index (χ3n) is 3.43. The van der Waals surface area contributed by atoms with Crippen LogP contribution in [0.2, 0.25) is 0 Å². The molecule has 0 aromatic heterocycles. The van der Waals surface area contributed by atoms with Gasteiger partial charge in [-0.15, -0.1) is 0 Å². The van der Waals surface area contributed by atoms with E-state index in [1.165, 1.54) is 11.1 Å². The number of carbonyl (C=O) groups excluding carboxylic acids is 1. The number of hydrogen-bond acceptors (Lipinski definition) is 1. The zero-order valence-electron chi connectivity index (χ0n) is 10.8. The van der Waals surface area contributed by atoms with Crippen LogP contribution in [-0.2, 0) is 4.79 Å². The summed E-state index contributed by atoms with van der Waals surface area (Å²) >= 11 is 0. The highest BCUT2D eigenvalue weighted by molar-refractivity contribution is 5.58. The van der Waals surface area contributed by atoms with Gasteiger partial charge in [0.15, 0.2) is 0 Å². The van der Waals surface area contributed by atoms with Gasteiger partial charge in [-0.1, -0.05) is 43.7 Å². The summed E-state index contributed by atoms with van der Waals surface area (Å²) in [5.41, 5.74) is 2.47. The van der Waals surface area contributed by atoms with Gasteiger partial charge >= 0.3 is 0 Å². The standard InChI is InChI=1S/C17H19O/c1-2-8-16(13-18)17(15-11-6-7-12-15)14-9-4-3-5-10-14/h3-7,9-13,16-17H,2,8H2,1H3/q-1/t16-,17-/m1/s1. The second kappa shape index (κ2) is 6.25. The van der Waals surface area contributed by atoms with Crippen LogP contribution in [0.1, 0.15) is 36.8 Å². The van der Waals surface area contributed by atoms with Gasteiger partial charge in [-0.3, -0.25) is 0 Å². The largest absolute Gasteiger partial charge is 0.303 e. The number of rotatable bonds is 6. The summed E-state index contributed by atoms with van der Waals surface area (Å²) in [5, 5.41) is 0. The second-order valence-electron chi connectivity index (χ2n) is 4.70. The highest BCUT2D eigenvalue weighted by Crippen LogP contribution is 2.33. The minimum absolute atomic E-state index is 0.0693. The van der Waals surface area contributed by atoms with Gasteiger partial charge in [-0.05, 0) is 17.9 Å². The highest BCUT2D eigenvalue weighted by atomic mass is 16.1. The molecule has 18 heavy (non-hydrogen) atoms.